The molecule has 2 aromatic rings. The van der Waals surface area contributed by atoms with E-state index in [-0.39, 0.29) is 24.9 Å². The molecule has 1 amide bonds. The number of aromatic nitrogens is 2. The minimum Gasteiger partial charge on any atom is -0.496 e. The lowest BCUT2D eigenvalue weighted by Crippen LogP contribution is -2.55. The van der Waals surface area contributed by atoms with Crippen LogP contribution < -0.4 is 10.1 Å². The number of carbonyl (C=O) groups is 2. The van der Waals surface area contributed by atoms with Gasteiger partial charge in [-0.05, 0) is 77.3 Å². The minimum absolute atomic E-state index is 0.0308. The molecule has 1 aromatic heterocycles. The molecule has 1 aliphatic heterocycles. The summed E-state index contributed by atoms with van der Waals surface area (Å²) in [5.74, 6) is -0.0358. The fourth-order valence-electron chi connectivity index (χ4n) is 4.19. The Labute approximate surface area is 219 Å². The van der Waals surface area contributed by atoms with Gasteiger partial charge in [0.15, 0.2) is 0 Å². The minimum atomic E-state index is -4.50. The number of amides is 1. The second kappa shape index (κ2) is 11.4. The fourth-order valence-corrected chi connectivity index (χ4v) is 4.19. The summed E-state index contributed by atoms with van der Waals surface area (Å²) in [4.78, 5) is 26.8. The Hall–Kier alpha value is -3.57. The van der Waals surface area contributed by atoms with Gasteiger partial charge in [-0.25, -0.2) is 9.59 Å². The third-order valence-electron chi connectivity index (χ3n) is 5.89. The van der Waals surface area contributed by atoms with Crippen molar-refractivity contribution in [3.05, 3.63) is 35.4 Å². The van der Waals surface area contributed by atoms with Crippen LogP contribution in [-0.4, -0.2) is 65.1 Å². The van der Waals surface area contributed by atoms with Crippen molar-refractivity contribution < 1.29 is 37.0 Å². The predicted molar refractivity (Wildman–Crippen MR) is 134 cm³/mol. The van der Waals surface area contributed by atoms with Gasteiger partial charge in [-0.2, -0.15) is 13.2 Å². The quantitative estimate of drug-likeness (QED) is 0.500. The molecule has 208 valence electrons. The van der Waals surface area contributed by atoms with Crippen molar-refractivity contribution >= 4 is 17.9 Å². The number of benzene rings is 1. The van der Waals surface area contributed by atoms with Crippen LogP contribution in [0.3, 0.4) is 0 Å². The average molecular weight is 539 g/mol. The zero-order chi connectivity index (χ0) is 28.3. The monoisotopic (exact) mass is 538 g/mol. The van der Waals surface area contributed by atoms with Crippen molar-refractivity contribution in [3.63, 3.8) is 0 Å². The van der Waals surface area contributed by atoms with Crippen molar-refractivity contribution in [3.8, 4) is 17.0 Å². The first-order valence-corrected chi connectivity index (χ1v) is 12.3. The number of carbonyl (C=O) groups excluding carboxylic acids is 2. The number of hydrogen-bond acceptors (Lipinski definition) is 8. The van der Waals surface area contributed by atoms with Gasteiger partial charge in [0.2, 0.25) is 0 Å². The summed E-state index contributed by atoms with van der Waals surface area (Å²) < 4.78 is 55.2. The SMILES string of the molecule is CCOC(=O)[C@@H]1CC[C@@H](Nc2cc(C)c(-c3ccc(C(F)(F)F)cc3OC)nn2)CN1C(=O)OC(C)(C)C. The summed E-state index contributed by atoms with van der Waals surface area (Å²) in [6, 6.07) is 3.91. The van der Waals surface area contributed by atoms with E-state index in [1.807, 2.05) is 0 Å². The standard InChI is InChI=1S/C26H33F3N4O5/c1-7-37-23(34)19-11-9-17(14-33(19)24(35)38-25(3,4)5)30-21-12-15(2)22(32-31-21)18-10-8-16(26(27,28)29)13-20(18)36-6/h8,10,12-13,17,19H,7,9,11,14H2,1-6H3,(H,30,31)/t17-,19+/m1/s1. The van der Waals surface area contributed by atoms with Crippen molar-refractivity contribution in [2.45, 2.75) is 71.3 Å². The van der Waals surface area contributed by atoms with Gasteiger partial charge >= 0.3 is 18.2 Å². The number of aryl methyl sites for hydroxylation is 1. The molecule has 0 bridgehead atoms. The zero-order valence-electron chi connectivity index (χ0n) is 22.3. The molecule has 1 aromatic carbocycles. The summed E-state index contributed by atoms with van der Waals surface area (Å²) >= 11 is 0. The van der Waals surface area contributed by atoms with Crippen LogP contribution in [-0.2, 0) is 20.4 Å². The summed E-state index contributed by atoms with van der Waals surface area (Å²) in [6.07, 6.45) is -4.20. The Morgan fingerprint density at radius 3 is 2.42 bits per heavy atom. The van der Waals surface area contributed by atoms with Crippen LogP contribution in [0.15, 0.2) is 24.3 Å². The molecule has 3 rings (SSSR count). The number of esters is 1. The lowest BCUT2D eigenvalue weighted by molar-refractivity contribution is -0.150. The Bertz CT molecular complexity index is 1170. The Morgan fingerprint density at radius 1 is 1.13 bits per heavy atom. The molecule has 0 spiro atoms. The molecule has 2 heterocycles. The first-order valence-electron chi connectivity index (χ1n) is 12.3. The van der Waals surface area contributed by atoms with E-state index in [9.17, 15) is 22.8 Å². The Balaban J connectivity index is 1.80. The lowest BCUT2D eigenvalue weighted by Gasteiger charge is -2.39. The number of nitrogens with zero attached hydrogens (tertiary/aromatic N) is 3. The van der Waals surface area contributed by atoms with Gasteiger partial charge < -0.3 is 19.5 Å². The molecule has 1 N–H and O–H groups in total. The van der Waals surface area contributed by atoms with Crippen molar-refractivity contribution in [2.24, 2.45) is 0 Å². The molecule has 0 saturated carbocycles. The molecule has 9 nitrogen and oxygen atoms in total. The number of likely N-dealkylation sites (tertiary alicyclic amines) is 1. The number of methoxy groups -OCH3 is 1. The van der Waals surface area contributed by atoms with Gasteiger partial charge in [-0.1, -0.05) is 0 Å². The van der Waals surface area contributed by atoms with Crippen molar-refractivity contribution in [2.75, 3.05) is 25.6 Å². The van der Waals surface area contributed by atoms with Crippen LogP contribution in [0, 0.1) is 6.92 Å². The van der Waals surface area contributed by atoms with E-state index in [0.29, 0.717) is 35.5 Å². The fraction of sp³-hybridized carbons (Fsp3) is 0.538. The Morgan fingerprint density at radius 2 is 1.84 bits per heavy atom. The molecule has 1 fully saturated rings. The summed E-state index contributed by atoms with van der Waals surface area (Å²) in [6.45, 7) is 9.07. The van der Waals surface area contributed by atoms with E-state index in [0.717, 1.165) is 12.1 Å². The van der Waals surface area contributed by atoms with E-state index in [2.05, 4.69) is 15.5 Å². The van der Waals surface area contributed by atoms with Crippen LogP contribution in [0.2, 0.25) is 0 Å². The lowest BCUT2D eigenvalue weighted by atomic mass is 9.98. The van der Waals surface area contributed by atoms with Crippen LogP contribution in [0.5, 0.6) is 5.75 Å². The second-order valence-electron chi connectivity index (χ2n) is 9.99. The van der Waals surface area contributed by atoms with Gasteiger partial charge in [0, 0.05) is 18.2 Å². The zero-order valence-corrected chi connectivity index (χ0v) is 22.3. The second-order valence-corrected chi connectivity index (χ2v) is 9.99. The number of alkyl halides is 3. The molecule has 2 atom stereocenters. The maximum Gasteiger partial charge on any atom is 0.416 e. The van der Waals surface area contributed by atoms with E-state index in [4.69, 9.17) is 14.2 Å². The van der Waals surface area contributed by atoms with Crippen molar-refractivity contribution in [1.82, 2.24) is 15.1 Å². The van der Waals surface area contributed by atoms with Crippen LogP contribution in [0.4, 0.5) is 23.8 Å². The highest BCUT2D eigenvalue weighted by molar-refractivity contribution is 5.82. The number of piperidine rings is 1. The maximum atomic E-state index is 13.1. The Kier molecular flexibility index (Phi) is 8.73. The highest BCUT2D eigenvalue weighted by Gasteiger charge is 2.39. The normalized spacial score (nSPS) is 18.1. The number of ether oxygens (including phenoxy) is 3. The molecule has 0 unspecified atom stereocenters. The van der Waals surface area contributed by atoms with E-state index in [1.165, 1.54) is 18.1 Å². The highest BCUT2D eigenvalue weighted by atomic mass is 19.4. The van der Waals surface area contributed by atoms with Gasteiger partial charge in [-0.15, -0.1) is 10.2 Å². The first kappa shape index (κ1) is 29.0. The van der Waals surface area contributed by atoms with Gasteiger partial charge in [-0.3, -0.25) is 4.90 Å². The summed E-state index contributed by atoms with van der Waals surface area (Å²) in [5, 5.41) is 11.7. The number of rotatable bonds is 6. The molecule has 0 radical (unpaired) electrons. The summed E-state index contributed by atoms with van der Waals surface area (Å²) in [5.41, 5.74) is -0.153. The van der Waals surface area contributed by atoms with E-state index >= 15 is 0 Å². The number of halogens is 3. The van der Waals surface area contributed by atoms with E-state index < -0.39 is 35.4 Å². The highest BCUT2D eigenvalue weighted by Crippen LogP contribution is 2.37. The number of nitrogens with one attached hydrogen (secondary N) is 1. The van der Waals surface area contributed by atoms with Crippen LogP contribution in [0.1, 0.15) is 51.7 Å². The average Bonchev–Trinajstić information content (AvgIpc) is 2.82. The molecule has 1 saturated heterocycles. The van der Waals surface area contributed by atoms with Crippen LogP contribution in [0.25, 0.3) is 11.3 Å². The van der Waals surface area contributed by atoms with Gasteiger partial charge in [0.05, 0.1) is 25.0 Å². The van der Waals surface area contributed by atoms with Crippen LogP contribution >= 0.6 is 0 Å². The summed E-state index contributed by atoms with van der Waals surface area (Å²) in [7, 11) is 1.29. The molecule has 12 heteroatoms. The van der Waals surface area contributed by atoms with Crippen molar-refractivity contribution in [1.29, 1.82) is 0 Å². The molecular formula is C26H33F3N4O5. The van der Waals surface area contributed by atoms with E-state index in [1.54, 1.807) is 40.7 Å². The van der Waals surface area contributed by atoms with Gasteiger partial charge in [0.25, 0.3) is 0 Å². The molecule has 0 aliphatic carbocycles. The molecule has 38 heavy (non-hydrogen) atoms. The van der Waals surface area contributed by atoms with Gasteiger partial charge in [0.1, 0.15) is 23.2 Å². The number of anilines is 1. The first-order chi connectivity index (χ1) is 17.7. The molecular weight excluding hydrogens is 505 g/mol. The number of hydrogen-bond donors (Lipinski definition) is 1. The maximum absolute atomic E-state index is 13.1. The largest absolute Gasteiger partial charge is 0.496 e. The molecule has 1 aliphatic rings. The smallest absolute Gasteiger partial charge is 0.416 e. The third kappa shape index (κ3) is 7.05. The third-order valence-corrected chi connectivity index (χ3v) is 5.89. The topological polar surface area (TPSA) is 103 Å². The predicted octanol–water partition coefficient (Wildman–Crippen LogP) is 5.22.